The molecule has 1 aromatic carbocycles. The Labute approximate surface area is 83.3 Å². The molecule has 0 spiro atoms. The van der Waals surface area contributed by atoms with Gasteiger partial charge in [-0.2, -0.15) is 0 Å². The van der Waals surface area contributed by atoms with E-state index in [-0.39, 0.29) is 0 Å². The number of aryl methyl sites for hydroxylation is 1. The number of hydrogen-bond donors (Lipinski definition) is 0. The van der Waals surface area contributed by atoms with E-state index in [4.69, 9.17) is 0 Å². The molecule has 0 aliphatic heterocycles. The molecule has 0 saturated carbocycles. The molecule has 0 nitrogen and oxygen atoms in total. The summed E-state index contributed by atoms with van der Waals surface area (Å²) in [7, 11) is 0. The van der Waals surface area contributed by atoms with Crippen LogP contribution >= 0.6 is 38.5 Å². The van der Waals surface area contributed by atoms with Crippen LogP contribution in [-0.2, 0) is 6.42 Å². The first-order valence-corrected chi connectivity index (χ1v) is 5.05. The Balaban J connectivity index is 3.04. The summed E-state index contributed by atoms with van der Waals surface area (Å²) in [5, 5.41) is 0. The van der Waals surface area contributed by atoms with E-state index >= 15 is 0 Å². The third-order valence-electron chi connectivity index (χ3n) is 1.39. The average Bonchev–Trinajstić information content (AvgIpc) is 1.95. The molecule has 1 aromatic rings. The predicted molar refractivity (Wildman–Crippen MR) is 56.2 cm³/mol. The second-order valence-electron chi connectivity index (χ2n) is 2.10. The van der Waals surface area contributed by atoms with Gasteiger partial charge in [-0.25, -0.2) is 0 Å². The van der Waals surface area contributed by atoms with Gasteiger partial charge in [-0.15, -0.1) is 0 Å². The molecular formula is C8H8BrI. The van der Waals surface area contributed by atoms with Crippen LogP contribution in [0.5, 0.6) is 0 Å². The van der Waals surface area contributed by atoms with Crippen molar-refractivity contribution in [2.45, 2.75) is 13.3 Å². The van der Waals surface area contributed by atoms with Crippen LogP contribution in [-0.4, -0.2) is 0 Å². The summed E-state index contributed by atoms with van der Waals surface area (Å²) >= 11 is 5.79. The van der Waals surface area contributed by atoms with Crippen LogP contribution < -0.4 is 0 Å². The first-order chi connectivity index (χ1) is 4.74. The second-order valence-corrected chi connectivity index (χ2v) is 4.12. The maximum absolute atomic E-state index is 3.48. The molecule has 0 N–H and O–H groups in total. The van der Waals surface area contributed by atoms with Crippen LogP contribution in [0.1, 0.15) is 12.5 Å². The SMILES string of the molecule is CCc1ccc(I)c(Br)c1. The van der Waals surface area contributed by atoms with E-state index in [0.29, 0.717) is 0 Å². The molecule has 0 fully saturated rings. The highest BCUT2D eigenvalue weighted by Crippen LogP contribution is 2.20. The zero-order valence-corrected chi connectivity index (χ0v) is 9.44. The van der Waals surface area contributed by atoms with Gasteiger partial charge in [0.1, 0.15) is 0 Å². The van der Waals surface area contributed by atoms with Gasteiger partial charge in [0.15, 0.2) is 0 Å². The highest BCUT2D eigenvalue weighted by atomic mass is 127. The van der Waals surface area contributed by atoms with E-state index < -0.39 is 0 Å². The Bertz CT molecular complexity index is 233. The molecule has 0 bridgehead atoms. The minimum atomic E-state index is 1.11. The maximum atomic E-state index is 3.48. The van der Waals surface area contributed by atoms with E-state index in [9.17, 15) is 0 Å². The molecule has 0 saturated heterocycles. The van der Waals surface area contributed by atoms with E-state index in [2.05, 4.69) is 63.6 Å². The zero-order chi connectivity index (χ0) is 7.56. The summed E-state index contributed by atoms with van der Waals surface area (Å²) in [6, 6.07) is 6.46. The van der Waals surface area contributed by atoms with Gasteiger partial charge in [-0.3, -0.25) is 0 Å². The average molecular weight is 311 g/mol. The molecular weight excluding hydrogens is 303 g/mol. The summed E-state index contributed by atoms with van der Waals surface area (Å²) in [6.45, 7) is 2.16. The molecule has 0 radical (unpaired) electrons. The monoisotopic (exact) mass is 310 g/mol. The van der Waals surface area contributed by atoms with Gasteiger partial charge in [0, 0.05) is 8.04 Å². The molecule has 2 heteroatoms. The predicted octanol–water partition coefficient (Wildman–Crippen LogP) is 3.62. The molecule has 0 atom stereocenters. The van der Waals surface area contributed by atoms with Crippen LogP contribution in [0.25, 0.3) is 0 Å². The van der Waals surface area contributed by atoms with Crippen molar-refractivity contribution in [1.29, 1.82) is 0 Å². The topological polar surface area (TPSA) is 0 Å². The van der Waals surface area contributed by atoms with Gasteiger partial charge >= 0.3 is 0 Å². The van der Waals surface area contributed by atoms with Crippen molar-refractivity contribution in [3.05, 3.63) is 31.8 Å². The number of rotatable bonds is 1. The first kappa shape index (κ1) is 8.53. The molecule has 10 heavy (non-hydrogen) atoms. The van der Waals surface area contributed by atoms with Crippen molar-refractivity contribution in [1.82, 2.24) is 0 Å². The van der Waals surface area contributed by atoms with Crippen molar-refractivity contribution in [3.8, 4) is 0 Å². The van der Waals surface area contributed by atoms with Gasteiger partial charge in [-0.05, 0) is 62.6 Å². The third-order valence-corrected chi connectivity index (χ3v) is 3.73. The van der Waals surface area contributed by atoms with Crippen LogP contribution in [0, 0.1) is 3.57 Å². The van der Waals surface area contributed by atoms with Gasteiger partial charge in [0.05, 0.1) is 0 Å². The largest absolute Gasteiger partial charge is 0.0613 e. The molecule has 0 aromatic heterocycles. The number of hydrogen-bond acceptors (Lipinski definition) is 0. The highest BCUT2D eigenvalue weighted by molar-refractivity contribution is 14.1. The van der Waals surface area contributed by atoms with Crippen molar-refractivity contribution < 1.29 is 0 Å². The lowest BCUT2D eigenvalue weighted by atomic mass is 10.2. The normalized spacial score (nSPS) is 9.90. The van der Waals surface area contributed by atoms with E-state index in [1.807, 2.05) is 0 Å². The quantitative estimate of drug-likeness (QED) is 0.695. The van der Waals surface area contributed by atoms with Gasteiger partial charge in [-0.1, -0.05) is 13.0 Å². The smallest absolute Gasteiger partial charge is 0.0311 e. The Morgan fingerprint density at radius 3 is 2.70 bits per heavy atom. The lowest BCUT2D eigenvalue weighted by molar-refractivity contribution is 1.13. The fourth-order valence-electron chi connectivity index (χ4n) is 0.760. The van der Waals surface area contributed by atoms with Crippen LogP contribution in [0.3, 0.4) is 0 Å². The first-order valence-electron chi connectivity index (χ1n) is 3.18. The van der Waals surface area contributed by atoms with E-state index in [0.717, 1.165) is 6.42 Å². The van der Waals surface area contributed by atoms with Crippen LogP contribution in [0.4, 0.5) is 0 Å². The zero-order valence-electron chi connectivity index (χ0n) is 5.70. The fraction of sp³-hybridized carbons (Fsp3) is 0.250. The van der Waals surface area contributed by atoms with Crippen molar-refractivity contribution >= 4 is 38.5 Å². The standard InChI is InChI=1S/C8H8BrI/c1-2-6-3-4-8(10)7(9)5-6/h3-5H,2H2,1H3. The summed E-state index contributed by atoms with van der Waals surface area (Å²) < 4.78 is 2.47. The number of halogens is 2. The van der Waals surface area contributed by atoms with Crippen LogP contribution in [0.15, 0.2) is 22.7 Å². The Morgan fingerprint density at radius 1 is 1.50 bits per heavy atom. The molecule has 54 valence electrons. The maximum Gasteiger partial charge on any atom is 0.0311 e. The van der Waals surface area contributed by atoms with Crippen molar-refractivity contribution in [2.24, 2.45) is 0 Å². The Hall–Kier alpha value is 0.430. The molecule has 0 amide bonds. The molecule has 0 unspecified atom stereocenters. The van der Waals surface area contributed by atoms with Crippen molar-refractivity contribution in [2.75, 3.05) is 0 Å². The molecule has 1 rings (SSSR count). The van der Waals surface area contributed by atoms with E-state index in [1.54, 1.807) is 0 Å². The van der Waals surface area contributed by atoms with Gasteiger partial charge in [0.2, 0.25) is 0 Å². The molecule has 0 aliphatic carbocycles. The summed E-state index contributed by atoms with van der Waals surface area (Å²) in [5.74, 6) is 0. The Kier molecular flexibility index (Phi) is 3.17. The van der Waals surface area contributed by atoms with Gasteiger partial charge in [0.25, 0.3) is 0 Å². The second kappa shape index (κ2) is 3.72. The summed E-state index contributed by atoms with van der Waals surface area (Å²) in [6.07, 6.45) is 1.11. The van der Waals surface area contributed by atoms with E-state index in [1.165, 1.54) is 13.6 Å². The lowest BCUT2D eigenvalue weighted by Gasteiger charge is -1.98. The minimum Gasteiger partial charge on any atom is -0.0613 e. The minimum absolute atomic E-state index is 1.11. The third kappa shape index (κ3) is 1.95. The van der Waals surface area contributed by atoms with Crippen LogP contribution in [0.2, 0.25) is 0 Å². The van der Waals surface area contributed by atoms with Crippen molar-refractivity contribution in [3.63, 3.8) is 0 Å². The fourth-order valence-corrected chi connectivity index (χ4v) is 1.52. The lowest BCUT2D eigenvalue weighted by Crippen LogP contribution is -1.80. The van der Waals surface area contributed by atoms with Gasteiger partial charge < -0.3 is 0 Å². The summed E-state index contributed by atoms with van der Waals surface area (Å²) in [4.78, 5) is 0. The summed E-state index contributed by atoms with van der Waals surface area (Å²) in [5.41, 5.74) is 1.38. The molecule has 0 aliphatic rings. The number of benzene rings is 1. The molecule has 0 heterocycles. The highest BCUT2D eigenvalue weighted by Gasteiger charge is 1.95. The Morgan fingerprint density at radius 2 is 2.20 bits per heavy atom.